The lowest BCUT2D eigenvalue weighted by atomic mass is 9.99. The van der Waals surface area contributed by atoms with Gasteiger partial charge in [-0.1, -0.05) is 0 Å². The molecule has 20 heavy (non-hydrogen) atoms. The summed E-state index contributed by atoms with van der Waals surface area (Å²) >= 11 is 0. The molecule has 1 unspecified atom stereocenters. The summed E-state index contributed by atoms with van der Waals surface area (Å²) in [5.74, 6) is -5.59. The van der Waals surface area contributed by atoms with Gasteiger partial charge < -0.3 is 14.8 Å². The van der Waals surface area contributed by atoms with Gasteiger partial charge in [-0.3, -0.25) is 0 Å². The van der Waals surface area contributed by atoms with Crippen molar-refractivity contribution >= 4 is 0 Å². The lowest BCUT2D eigenvalue weighted by Gasteiger charge is -2.27. The van der Waals surface area contributed by atoms with Crippen LogP contribution in [0.1, 0.15) is 11.6 Å². The van der Waals surface area contributed by atoms with Crippen LogP contribution in [-0.4, -0.2) is 33.6 Å². The van der Waals surface area contributed by atoms with Crippen molar-refractivity contribution in [1.82, 2.24) is 5.32 Å². The third-order valence-electron chi connectivity index (χ3n) is 2.78. The second-order valence-electron chi connectivity index (χ2n) is 3.93. The Bertz CT molecular complexity index is 467. The fourth-order valence-electron chi connectivity index (χ4n) is 1.77. The summed E-state index contributed by atoms with van der Waals surface area (Å²) in [5, 5.41) is 2.00. The number of rotatable bonds is 6. The van der Waals surface area contributed by atoms with E-state index in [-0.39, 0.29) is 11.5 Å². The van der Waals surface area contributed by atoms with E-state index in [1.165, 1.54) is 14.2 Å². The van der Waals surface area contributed by atoms with Crippen LogP contribution in [0.4, 0.5) is 22.0 Å². The third kappa shape index (κ3) is 2.95. The average molecular weight is 299 g/mol. The van der Waals surface area contributed by atoms with Crippen molar-refractivity contribution in [2.75, 3.05) is 21.3 Å². The molecule has 0 aliphatic rings. The standard InChI is InChI=1S/C12H14F5NO2/c1-18-10(12(16,17)11(14)15)6-4-8(19-2)9(20-3)5-7(6)13/h4-5,10-11,18H,1-3H3. The Balaban J connectivity index is 3.36. The van der Waals surface area contributed by atoms with E-state index in [0.717, 1.165) is 19.2 Å². The van der Waals surface area contributed by atoms with Gasteiger partial charge in [0.15, 0.2) is 11.5 Å². The third-order valence-corrected chi connectivity index (χ3v) is 2.78. The topological polar surface area (TPSA) is 30.5 Å². The molecule has 0 heterocycles. The first-order valence-electron chi connectivity index (χ1n) is 5.54. The molecule has 0 aliphatic carbocycles. The summed E-state index contributed by atoms with van der Waals surface area (Å²) in [6, 6.07) is -0.478. The molecule has 1 aromatic rings. The van der Waals surface area contributed by atoms with Gasteiger partial charge in [0.05, 0.1) is 14.2 Å². The summed E-state index contributed by atoms with van der Waals surface area (Å²) < 4.78 is 75.2. The van der Waals surface area contributed by atoms with Crippen LogP contribution in [-0.2, 0) is 0 Å². The van der Waals surface area contributed by atoms with E-state index in [4.69, 9.17) is 9.47 Å². The average Bonchev–Trinajstić information content (AvgIpc) is 2.40. The number of alkyl halides is 4. The largest absolute Gasteiger partial charge is 0.493 e. The molecule has 0 aliphatic heterocycles. The van der Waals surface area contributed by atoms with Crippen molar-refractivity contribution in [3.05, 3.63) is 23.5 Å². The molecular weight excluding hydrogens is 285 g/mol. The van der Waals surface area contributed by atoms with Crippen molar-refractivity contribution in [3.8, 4) is 11.5 Å². The van der Waals surface area contributed by atoms with Gasteiger partial charge in [0, 0.05) is 11.6 Å². The van der Waals surface area contributed by atoms with E-state index in [1.807, 2.05) is 5.32 Å². The Morgan fingerprint density at radius 1 is 1.10 bits per heavy atom. The predicted octanol–water partition coefficient (Wildman–Crippen LogP) is 3.00. The zero-order valence-corrected chi connectivity index (χ0v) is 11.0. The zero-order valence-electron chi connectivity index (χ0n) is 11.0. The lowest BCUT2D eigenvalue weighted by molar-refractivity contribution is -0.151. The molecule has 1 atom stereocenters. The number of ether oxygens (including phenoxy) is 2. The van der Waals surface area contributed by atoms with Gasteiger partial charge >= 0.3 is 12.3 Å². The second kappa shape index (κ2) is 6.25. The molecular formula is C12H14F5NO2. The SMILES string of the molecule is CNC(c1cc(OC)c(OC)cc1F)C(F)(F)C(F)F. The van der Waals surface area contributed by atoms with E-state index in [0.29, 0.717) is 0 Å². The van der Waals surface area contributed by atoms with Crippen molar-refractivity contribution in [2.45, 2.75) is 18.4 Å². The van der Waals surface area contributed by atoms with E-state index in [2.05, 4.69) is 0 Å². The molecule has 1 aromatic carbocycles. The summed E-state index contributed by atoms with van der Waals surface area (Å²) in [5.41, 5.74) is -0.629. The van der Waals surface area contributed by atoms with Crippen molar-refractivity contribution in [2.24, 2.45) is 0 Å². The van der Waals surface area contributed by atoms with Crippen LogP contribution < -0.4 is 14.8 Å². The van der Waals surface area contributed by atoms with Crippen molar-refractivity contribution in [1.29, 1.82) is 0 Å². The maximum absolute atomic E-state index is 13.8. The number of benzene rings is 1. The van der Waals surface area contributed by atoms with Gasteiger partial charge in [0.25, 0.3) is 0 Å². The highest BCUT2D eigenvalue weighted by Crippen LogP contribution is 2.40. The molecule has 3 nitrogen and oxygen atoms in total. The second-order valence-corrected chi connectivity index (χ2v) is 3.93. The maximum Gasteiger partial charge on any atom is 0.326 e. The minimum Gasteiger partial charge on any atom is -0.493 e. The van der Waals surface area contributed by atoms with Crippen LogP contribution in [0.5, 0.6) is 11.5 Å². The fourth-order valence-corrected chi connectivity index (χ4v) is 1.77. The van der Waals surface area contributed by atoms with Crippen LogP contribution in [0.15, 0.2) is 12.1 Å². The highest BCUT2D eigenvalue weighted by molar-refractivity contribution is 5.45. The quantitative estimate of drug-likeness (QED) is 0.819. The minimum absolute atomic E-state index is 0.0241. The molecule has 0 saturated carbocycles. The molecule has 0 saturated heterocycles. The van der Waals surface area contributed by atoms with E-state index in [1.54, 1.807) is 0 Å². The Hall–Kier alpha value is -1.57. The number of halogens is 5. The number of hydrogen-bond acceptors (Lipinski definition) is 3. The monoisotopic (exact) mass is 299 g/mol. The van der Waals surface area contributed by atoms with Gasteiger partial charge in [0.2, 0.25) is 0 Å². The van der Waals surface area contributed by atoms with Gasteiger partial charge in [-0.15, -0.1) is 0 Å². The van der Waals surface area contributed by atoms with Crippen LogP contribution in [0.25, 0.3) is 0 Å². The van der Waals surface area contributed by atoms with Gasteiger partial charge in [-0.2, -0.15) is 8.78 Å². The maximum atomic E-state index is 13.8. The Morgan fingerprint density at radius 2 is 1.60 bits per heavy atom. The molecule has 0 amide bonds. The molecule has 114 valence electrons. The molecule has 1 N–H and O–H groups in total. The Labute approximate surface area is 112 Å². The van der Waals surface area contributed by atoms with E-state index >= 15 is 0 Å². The van der Waals surface area contributed by atoms with Gasteiger partial charge in [-0.25, -0.2) is 13.2 Å². The summed E-state index contributed by atoms with van der Waals surface area (Å²) in [7, 11) is 3.50. The first-order chi connectivity index (χ1) is 9.29. The van der Waals surface area contributed by atoms with Gasteiger partial charge in [-0.05, 0) is 13.1 Å². The molecule has 0 aromatic heterocycles. The number of hydrogen-bond donors (Lipinski definition) is 1. The summed E-state index contributed by atoms with van der Waals surface area (Å²) in [6.07, 6.45) is -3.94. The van der Waals surface area contributed by atoms with Crippen molar-refractivity contribution in [3.63, 3.8) is 0 Å². The molecule has 8 heteroatoms. The molecule has 0 radical (unpaired) electrons. The zero-order chi connectivity index (χ0) is 15.5. The highest BCUT2D eigenvalue weighted by atomic mass is 19.3. The summed E-state index contributed by atoms with van der Waals surface area (Å²) in [4.78, 5) is 0. The predicted molar refractivity (Wildman–Crippen MR) is 62.3 cm³/mol. The minimum atomic E-state index is -4.44. The first kappa shape index (κ1) is 16.5. The molecule has 0 fully saturated rings. The highest BCUT2D eigenvalue weighted by Gasteiger charge is 2.49. The van der Waals surface area contributed by atoms with Crippen LogP contribution in [0, 0.1) is 5.82 Å². The van der Waals surface area contributed by atoms with Crippen LogP contribution in [0.3, 0.4) is 0 Å². The van der Waals surface area contributed by atoms with Gasteiger partial charge in [0.1, 0.15) is 11.9 Å². The number of methoxy groups -OCH3 is 2. The molecule has 0 spiro atoms. The Morgan fingerprint density at radius 3 is 2.00 bits per heavy atom. The van der Waals surface area contributed by atoms with E-state index in [9.17, 15) is 22.0 Å². The fraction of sp³-hybridized carbons (Fsp3) is 0.500. The van der Waals surface area contributed by atoms with Crippen molar-refractivity contribution < 1.29 is 31.4 Å². The van der Waals surface area contributed by atoms with E-state index < -0.39 is 29.8 Å². The Kier molecular flexibility index (Phi) is 5.15. The lowest BCUT2D eigenvalue weighted by Crippen LogP contribution is -2.41. The summed E-state index contributed by atoms with van der Waals surface area (Å²) in [6.45, 7) is 0. The normalized spacial score (nSPS) is 13.4. The smallest absolute Gasteiger partial charge is 0.326 e. The molecule has 0 bridgehead atoms. The number of nitrogens with one attached hydrogen (secondary N) is 1. The molecule has 1 rings (SSSR count). The first-order valence-corrected chi connectivity index (χ1v) is 5.54. The van der Waals surface area contributed by atoms with Crippen LogP contribution in [0.2, 0.25) is 0 Å². The van der Waals surface area contributed by atoms with Crippen LogP contribution >= 0.6 is 0 Å².